The first-order valence-electron chi connectivity index (χ1n) is 10.4. The second-order valence-corrected chi connectivity index (χ2v) is 7.76. The summed E-state index contributed by atoms with van der Waals surface area (Å²) in [6.45, 7) is -1.02. The van der Waals surface area contributed by atoms with E-state index in [0.717, 1.165) is 30.4 Å². The highest BCUT2D eigenvalue weighted by atomic mass is 19.3. The fourth-order valence-electron chi connectivity index (χ4n) is 3.68. The summed E-state index contributed by atoms with van der Waals surface area (Å²) < 4.78 is 84.5. The molecule has 0 radical (unpaired) electrons. The Morgan fingerprint density at radius 2 is 1.88 bits per heavy atom. The lowest BCUT2D eigenvalue weighted by Crippen LogP contribution is -2.25. The third-order valence-corrected chi connectivity index (χ3v) is 5.30. The molecule has 1 saturated carbocycles. The van der Waals surface area contributed by atoms with Crippen molar-refractivity contribution in [3.63, 3.8) is 0 Å². The van der Waals surface area contributed by atoms with E-state index in [9.17, 15) is 31.1 Å². The summed E-state index contributed by atoms with van der Waals surface area (Å²) in [6.07, 6.45) is -0.427. The molecule has 0 unspecified atom stereocenters. The number of pyridine rings is 1. The number of ether oxygens (including phenoxy) is 1. The van der Waals surface area contributed by atoms with Crippen LogP contribution in [0.15, 0.2) is 42.6 Å². The Bertz CT molecular complexity index is 1080. The quantitative estimate of drug-likeness (QED) is 0.216. The molecule has 0 atom stereocenters. The number of amides is 1. The van der Waals surface area contributed by atoms with Gasteiger partial charge in [-0.1, -0.05) is 0 Å². The topological polar surface area (TPSA) is 75.1 Å². The molecule has 1 aromatic heterocycles. The van der Waals surface area contributed by atoms with E-state index in [1.165, 1.54) is 12.3 Å². The zero-order valence-corrected chi connectivity index (χ0v) is 17.8. The molecule has 1 amide bonds. The summed E-state index contributed by atoms with van der Waals surface area (Å²) in [6, 6.07) is 4.13. The number of alkyl halides is 4. The number of hydrogen-bond donors (Lipinski definition) is 2. The summed E-state index contributed by atoms with van der Waals surface area (Å²) in [5.74, 6) is -6.31. The Morgan fingerprint density at radius 1 is 1.18 bits per heavy atom. The highest BCUT2D eigenvalue weighted by Gasteiger charge is 2.37. The minimum atomic E-state index is -2.81. The van der Waals surface area contributed by atoms with Crippen molar-refractivity contribution >= 4 is 17.5 Å². The zero-order chi connectivity index (χ0) is 24.9. The van der Waals surface area contributed by atoms with Gasteiger partial charge in [0.1, 0.15) is 11.6 Å². The Morgan fingerprint density at radius 3 is 2.56 bits per heavy atom. The highest BCUT2D eigenvalue weighted by molar-refractivity contribution is 6.05. The number of anilines is 1. The standard InChI is InChI=1S/C23H21F6N3O2/c24-14-1-2-17(25)16(11-14)15-7-10-31-21(13-5-8-23(28,29)9-6-13)22(15)32-20(33)4-3-19(30)34-12-18(26)27/h1-4,7,10-11,13,18,30H,5-6,8-9,12H2,(H,32,33). The molecule has 182 valence electrons. The van der Waals surface area contributed by atoms with Crippen LogP contribution in [0.3, 0.4) is 0 Å². The molecule has 11 heteroatoms. The molecule has 0 aliphatic heterocycles. The molecule has 1 aromatic carbocycles. The first-order valence-corrected chi connectivity index (χ1v) is 10.4. The average Bonchev–Trinajstić information content (AvgIpc) is 2.78. The van der Waals surface area contributed by atoms with Crippen LogP contribution >= 0.6 is 0 Å². The van der Waals surface area contributed by atoms with Gasteiger partial charge in [0, 0.05) is 48.2 Å². The number of nitrogens with one attached hydrogen (secondary N) is 2. The number of rotatable bonds is 7. The normalized spacial score (nSPS) is 16.1. The van der Waals surface area contributed by atoms with E-state index < -0.39 is 48.3 Å². The van der Waals surface area contributed by atoms with Gasteiger partial charge in [-0.25, -0.2) is 26.3 Å². The fourth-order valence-corrected chi connectivity index (χ4v) is 3.68. The van der Waals surface area contributed by atoms with E-state index in [1.54, 1.807) is 0 Å². The molecule has 0 saturated heterocycles. The molecule has 1 fully saturated rings. The lowest BCUT2D eigenvalue weighted by atomic mass is 9.83. The van der Waals surface area contributed by atoms with Crippen molar-refractivity contribution in [3.8, 4) is 11.1 Å². The largest absolute Gasteiger partial charge is 0.472 e. The van der Waals surface area contributed by atoms with Gasteiger partial charge in [0.25, 0.3) is 6.43 Å². The zero-order valence-electron chi connectivity index (χ0n) is 17.8. The molecule has 2 aromatic rings. The monoisotopic (exact) mass is 485 g/mol. The van der Waals surface area contributed by atoms with Crippen LogP contribution in [0.2, 0.25) is 0 Å². The Balaban J connectivity index is 1.94. The van der Waals surface area contributed by atoms with Crippen molar-refractivity contribution in [2.45, 2.75) is 43.9 Å². The maximum absolute atomic E-state index is 14.5. The van der Waals surface area contributed by atoms with Gasteiger partial charge in [0.05, 0.1) is 11.4 Å². The van der Waals surface area contributed by atoms with Crippen LogP contribution in [0.1, 0.15) is 37.3 Å². The SMILES string of the molecule is N=C(C=CC(=O)Nc1c(-c2cc(F)ccc2F)ccnc1C1CCC(F)(F)CC1)OCC(F)F. The van der Waals surface area contributed by atoms with Crippen molar-refractivity contribution < 1.29 is 35.9 Å². The molecule has 1 heterocycles. The maximum atomic E-state index is 14.5. The summed E-state index contributed by atoms with van der Waals surface area (Å²) in [7, 11) is 0. The van der Waals surface area contributed by atoms with Crippen LogP contribution < -0.4 is 5.32 Å². The molecule has 1 aliphatic rings. The smallest absolute Gasteiger partial charge is 0.272 e. The number of carbonyl (C=O) groups is 1. The first kappa shape index (κ1) is 25.3. The number of nitrogens with zero attached hydrogens (tertiary/aromatic N) is 1. The van der Waals surface area contributed by atoms with Crippen LogP contribution in [0.5, 0.6) is 0 Å². The minimum Gasteiger partial charge on any atom is -0.472 e. The molecular weight excluding hydrogens is 464 g/mol. The van der Waals surface area contributed by atoms with E-state index in [1.807, 2.05) is 0 Å². The van der Waals surface area contributed by atoms with Crippen molar-refractivity contribution in [2.24, 2.45) is 0 Å². The Labute approximate surface area is 191 Å². The summed E-state index contributed by atoms with van der Waals surface area (Å²) in [4.78, 5) is 16.7. The van der Waals surface area contributed by atoms with Gasteiger partial charge < -0.3 is 10.1 Å². The van der Waals surface area contributed by atoms with Crippen molar-refractivity contribution in [2.75, 3.05) is 11.9 Å². The second kappa shape index (κ2) is 10.7. The lowest BCUT2D eigenvalue weighted by molar-refractivity contribution is -0.111. The number of carbonyl (C=O) groups excluding carboxylic acids is 1. The van der Waals surface area contributed by atoms with Gasteiger partial charge in [0.15, 0.2) is 6.61 Å². The average molecular weight is 485 g/mol. The van der Waals surface area contributed by atoms with Crippen LogP contribution in [-0.2, 0) is 9.53 Å². The van der Waals surface area contributed by atoms with Crippen LogP contribution in [-0.4, -0.2) is 35.7 Å². The van der Waals surface area contributed by atoms with Gasteiger partial charge >= 0.3 is 0 Å². The molecule has 3 rings (SSSR count). The Hall–Kier alpha value is -3.37. The number of benzene rings is 1. The van der Waals surface area contributed by atoms with E-state index in [2.05, 4.69) is 15.0 Å². The number of aromatic nitrogens is 1. The number of hydrogen-bond acceptors (Lipinski definition) is 4. The second-order valence-electron chi connectivity index (χ2n) is 7.76. The van der Waals surface area contributed by atoms with Crippen LogP contribution in [0, 0.1) is 17.0 Å². The van der Waals surface area contributed by atoms with Gasteiger partial charge in [-0.3, -0.25) is 15.2 Å². The summed E-state index contributed by atoms with van der Waals surface area (Å²) in [5, 5.41) is 9.92. The maximum Gasteiger partial charge on any atom is 0.272 e. The number of halogens is 6. The highest BCUT2D eigenvalue weighted by Crippen LogP contribution is 2.44. The van der Waals surface area contributed by atoms with Gasteiger partial charge in [-0.2, -0.15) is 0 Å². The van der Waals surface area contributed by atoms with E-state index in [0.29, 0.717) is 0 Å². The van der Waals surface area contributed by atoms with E-state index in [-0.39, 0.29) is 48.2 Å². The van der Waals surface area contributed by atoms with Crippen LogP contribution in [0.25, 0.3) is 11.1 Å². The molecule has 1 aliphatic carbocycles. The minimum absolute atomic E-state index is 0.0110. The van der Waals surface area contributed by atoms with Crippen LogP contribution in [0.4, 0.5) is 32.0 Å². The molecule has 34 heavy (non-hydrogen) atoms. The third-order valence-electron chi connectivity index (χ3n) is 5.30. The van der Waals surface area contributed by atoms with E-state index >= 15 is 0 Å². The van der Waals surface area contributed by atoms with Crippen molar-refractivity contribution in [3.05, 3.63) is 59.9 Å². The lowest BCUT2D eigenvalue weighted by Gasteiger charge is -2.29. The predicted molar refractivity (Wildman–Crippen MR) is 113 cm³/mol. The predicted octanol–water partition coefficient (Wildman–Crippen LogP) is 6.07. The van der Waals surface area contributed by atoms with Gasteiger partial charge in [-0.15, -0.1) is 0 Å². The van der Waals surface area contributed by atoms with Gasteiger partial charge in [0.2, 0.25) is 17.7 Å². The van der Waals surface area contributed by atoms with Gasteiger partial charge in [-0.05, 0) is 37.1 Å². The van der Waals surface area contributed by atoms with Crippen molar-refractivity contribution in [1.29, 1.82) is 5.41 Å². The summed E-state index contributed by atoms with van der Waals surface area (Å²) >= 11 is 0. The molecule has 0 spiro atoms. The summed E-state index contributed by atoms with van der Waals surface area (Å²) in [5.41, 5.74) is 0.168. The molecule has 0 bridgehead atoms. The van der Waals surface area contributed by atoms with Crippen molar-refractivity contribution in [1.82, 2.24) is 4.98 Å². The Kier molecular flexibility index (Phi) is 7.95. The third kappa shape index (κ3) is 6.58. The van der Waals surface area contributed by atoms with E-state index in [4.69, 9.17) is 5.41 Å². The first-order chi connectivity index (χ1) is 16.1. The fraction of sp³-hybridized carbons (Fsp3) is 0.348. The molecule has 2 N–H and O–H groups in total. The molecular formula is C23H21F6N3O2. The molecule has 5 nitrogen and oxygen atoms in total.